The zero-order valence-corrected chi connectivity index (χ0v) is 18.0. The third kappa shape index (κ3) is 4.15. The van der Waals surface area contributed by atoms with Crippen LogP contribution in [0.25, 0.3) is 6.08 Å². The number of aliphatic hydroxyl groups excluding tert-OH is 1. The molecule has 160 valence electrons. The number of benzene rings is 1. The molecule has 0 spiro atoms. The van der Waals surface area contributed by atoms with E-state index in [1.54, 1.807) is 12.3 Å². The van der Waals surface area contributed by atoms with E-state index < -0.39 is 6.23 Å². The molecule has 2 fully saturated rings. The average Bonchev–Trinajstić information content (AvgIpc) is 2.76. The number of ether oxygens (including phenoxy) is 2. The van der Waals surface area contributed by atoms with Crippen molar-refractivity contribution in [2.45, 2.75) is 70.2 Å². The second kappa shape index (κ2) is 8.84. The van der Waals surface area contributed by atoms with Gasteiger partial charge in [0.1, 0.15) is 5.75 Å². The Balaban J connectivity index is 1.46. The number of hydrogen-bond donors (Lipinski definition) is 3. The summed E-state index contributed by atoms with van der Waals surface area (Å²) in [4.78, 5) is 0. The Morgan fingerprint density at radius 1 is 1.28 bits per heavy atom. The summed E-state index contributed by atoms with van der Waals surface area (Å²) in [6.45, 7) is 3.93. The highest BCUT2D eigenvalue weighted by molar-refractivity contribution is 6.32. The van der Waals surface area contributed by atoms with Crippen LogP contribution < -0.4 is 15.8 Å². The lowest BCUT2D eigenvalue weighted by atomic mass is 9.59. The van der Waals surface area contributed by atoms with E-state index in [1.807, 2.05) is 12.1 Å². The molecule has 0 amide bonds. The summed E-state index contributed by atoms with van der Waals surface area (Å²) in [5.74, 6) is 1.35. The van der Waals surface area contributed by atoms with Crippen LogP contribution in [-0.2, 0) is 4.74 Å². The third-order valence-electron chi connectivity index (χ3n) is 7.32. The minimum Gasteiger partial charge on any atom is -0.489 e. The molecule has 4 rings (SSSR count). The van der Waals surface area contributed by atoms with Crippen molar-refractivity contribution in [3.63, 3.8) is 0 Å². The maximum absolute atomic E-state index is 10.1. The Hall–Kier alpha value is -1.27. The van der Waals surface area contributed by atoms with Crippen LogP contribution >= 0.6 is 11.6 Å². The lowest BCUT2D eigenvalue weighted by Crippen LogP contribution is -2.51. The van der Waals surface area contributed by atoms with E-state index >= 15 is 0 Å². The van der Waals surface area contributed by atoms with Crippen LogP contribution in [0.15, 0.2) is 18.3 Å². The van der Waals surface area contributed by atoms with Crippen LogP contribution in [0.4, 0.5) is 0 Å². The van der Waals surface area contributed by atoms with E-state index in [9.17, 15) is 5.11 Å². The number of aliphatic hydroxyl groups is 1. The van der Waals surface area contributed by atoms with Crippen molar-refractivity contribution in [2.24, 2.45) is 17.1 Å². The summed E-state index contributed by atoms with van der Waals surface area (Å²) >= 11 is 6.47. The van der Waals surface area contributed by atoms with Gasteiger partial charge in [0.05, 0.1) is 11.1 Å². The molecule has 2 unspecified atom stereocenters. The summed E-state index contributed by atoms with van der Waals surface area (Å²) in [5, 5.41) is 13.5. The molecule has 1 aliphatic carbocycles. The first kappa shape index (κ1) is 21.0. The summed E-state index contributed by atoms with van der Waals surface area (Å²) in [7, 11) is 0. The quantitative estimate of drug-likeness (QED) is 0.659. The largest absolute Gasteiger partial charge is 0.489 e. The van der Waals surface area contributed by atoms with E-state index in [2.05, 4.69) is 12.2 Å². The van der Waals surface area contributed by atoms with E-state index in [1.165, 1.54) is 0 Å². The van der Waals surface area contributed by atoms with Gasteiger partial charge in [0.2, 0.25) is 0 Å². The van der Waals surface area contributed by atoms with Crippen LogP contribution in [0.5, 0.6) is 5.75 Å². The molecule has 2 heterocycles. The summed E-state index contributed by atoms with van der Waals surface area (Å²) in [6, 6.07) is 3.98. The maximum Gasteiger partial charge on any atom is 0.151 e. The first-order valence-corrected chi connectivity index (χ1v) is 11.4. The lowest BCUT2D eigenvalue weighted by molar-refractivity contribution is -0.0398. The molecule has 29 heavy (non-hydrogen) atoms. The van der Waals surface area contributed by atoms with Crippen LogP contribution in [0.2, 0.25) is 5.02 Å². The fourth-order valence-electron chi connectivity index (χ4n) is 5.56. The first-order chi connectivity index (χ1) is 14.0. The second-order valence-electron chi connectivity index (χ2n) is 8.77. The number of fused-ring (bicyclic) bond motifs is 1. The predicted molar refractivity (Wildman–Crippen MR) is 116 cm³/mol. The van der Waals surface area contributed by atoms with Crippen LogP contribution in [-0.4, -0.2) is 30.5 Å². The topological polar surface area (TPSA) is 76.7 Å². The number of hydrogen-bond acceptors (Lipinski definition) is 5. The van der Waals surface area contributed by atoms with Gasteiger partial charge in [0.25, 0.3) is 0 Å². The standard InChI is InChI=1S/C23H33ClN2O3/c1-2-21(25)23(16-6-11-28-12-7-16)8-3-17(4-9-23)29-20-13-15-5-10-26-22(27)18(15)14-19(20)24/h5,10,13-14,16-17,21-22,26-27H,2-4,6-9,11-12,25H2,1H3. The fraction of sp³-hybridized carbons (Fsp3) is 0.652. The Bertz CT molecular complexity index is 740. The highest BCUT2D eigenvalue weighted by Gasteiger charge is 2.46. The summed E-state index contributed by atoms with van der Waals surface area (Å²) < 4.78 is 12.0. The number of nitrogens with two attached hydrogens (primary N) is 1. The van der Waals surface area contributed by atoms with Crippen LogP contribution in [0.3, 0.4) is 0 Å². The van der Waals surface area contributed by atoms with Gasteiger partial charge in [-0.05, 0) is 86.3 Å². The molecule has 2 atom stereocenters. The average molecular weight is 421 g/mol. The van der Waals surface area contributed by atoms with Gasteiger partial charge in [-0.1, -0.05) is 18.5 Å². The molecule has 1 saturated heterocycles. The van der Waals surface area contributed by atoms with Gasteiger partial charge in [-0.2, -0.15) is 0 Å². The van der Waals surface area contributed by atoms with E-state index in [4.69, 9.17) is 26.8 Å². The van der Waals surface area contributed by atoms with Crippen molar-refractivity contribution in [3.05, 3.63) is 34.5 Å². The first-order valence-electron chi connectivity index (χ1n) is 11.0. The normalized spacial score (nSPS) is 31.0. The molecule has 6 heteroatoms. The second-order valence-corrected chi connectivity index (χ2v) is 9.17. The molecular formula is C23H33ClN2O3. The molecule has 5 nitrogen and oxygen atoms in total. The molecule has 1 aromatic carbocycles. The predicted octanol–water partition coefficient (Wildman–Crippen LogP) is 4.38. The molecule has 0 radical (unpaired) electrons. The van der Waals surface area contributed by atoms with Crippen LogP contribution in [0, 0.1) is 11.3 Å². The minimum absolute atomic E-state index is 0.151. The lowest BCUT2D eigenvalue weighted by Gasteiger charge is -2.50. The van der Waals surface area contributed by atoms with Gasteiger partial charge in [-0.15, -0.1) is 0 Å². The smallest absolute Gasteiger partial charge is 0.151 e. The van der Waals surface area contributed by atoms with E-state index in [0.29, 0.717) is 16.7 Å². The molecule has 1 aromatic rings. The Kier molecular flexibility index (Phi) is 6.40. The van der Waals surface area contributed by atoms with Crippen molar-refractivity contribution >= 4 is 17.7 Å². The highest BCUT2D eigenvalue weighted by atomic mass is 35.5. The third-order valence-corrected chi connectivity index (χ3v) is 7.61. The zero-order valence-electron chi connectivity index (χ0n) is 17.2. The SMILES string of the molecule is CCC(N)C1(C2CCOCC2)CCC(Oc2cc3c(cc2Cl)C(O)NC=C3)CC1. The maximum atomic E-state index is 10.1. The molecule has 0 bridgehead atoms. The minimum atomic E-state index is -0.730. The van der Waals surface area contributed by atoms with Gasteiger partial charge < -0.3 is 25.6 Å². The van der Waals surface area contributed by atoms with Gasteiger partial charge in [0.15, 0.2) is 6.23 Å². The molecule has 2 aliphatic heterocycles. The van der Waals surface area contributed by atoms with Crippen molar-refractivity contribution in [1.29, 1.82) is 0 Å². The molecule has 1 saturated carbocycles. The molecule has 4 N–H and O–H groups in total. The summed E-state index contributed by atoms with van der Waals surface area (Å²) in [6.07, 6.45) is 10.6. The van der Waals surface area contributed by atoms with Crippen molar-refractivity contribution < 1.29 is 14.6 Å². The van der Waals surface area contributed by atoms with Gasteiger partial charge in [-0.25, -0.2) is 0 Å². The monoisotopic (exact) mass is 420 g/mol. The number of halogens is 1. The fourth-order valence-corrected chi connectivity index (χ4v) is 5.78. The van der Waals surface area contributed by atoms with Gasteiger partial charge in [0, 0.05) is 24.8 Å². The van der Waals surface area contributed by atoms with E-state index in [-0.39, 0.29) is 17.6 Å². The van der Waals surface area contributed by atoms with Crippen molar-refractivity contribution in [2.75, 3.05) is 13.2 Å². The zero-order chi connectivity index (χ0) is 20.4. The summed E-state index contributed by atoms with van der Waals surface area (Å²) in [5.41, 5.74) is 8.61. The molecule has 3 aliphatic rings. The Labute approximate surface area is 178 Å². The van der Waals surface area contributed by atoms with Gasteiger partial charge >= 0.3 is 0 Å². The Morgan fingerprint density at radius 3 is 2.69 bits per heavy atom. The van der Waals surface area contributed by atoms with Crippen molar-refractivity contribution in [3.8, 4) is 5.75 Å². The van der Waals surface area contributed by atoms with E-state index in [0.717, 1.165) is 69.3 Å². The molecular weight excluding hydrogens is 388 g/mol. The number of rotatable bonds is 5. The molecule has 0 aromatic heterocycles. The number of nitrogens with one attached hydrogen (secondary N) is 1. The highest BCUT2D eigenvalue weighted by Crippen LogP contribution is 2.50. The van der Waals surface area contributed by atoms with Gasteiger partial charge in [-0.3, -0.25) is 0 Å². The Morgan fingerprint density at radius 2 is 2.00 bits per heavy atom. The van der Waals surface area contributed by atoms with Crippen molar-refractivity contribution in [1.82, 2.24) is 5.32 Å². The van der Waals surface area contributed by atoms with Crippen LogP contribution in [0.1, 0.15) is 69.2 Å².